The normalized spacial score (nSPS) is 18.2. The molecule has 2 amide bonds. The van der Waals surface area contributed by atoms with Gasteiger partial charge in [-0.15, -0.1) is 0 Å². The molecule has 0 aliphatic carbocycles. The van der Waals surface area contributed by atoms with E-state index in [0.717, 1.165) is 23.1 Å². The minimum atomic E-state index is -0.765. The van der Waals surface area contributed by atoms with E-state index in [1.54, 1.807) is 31.2 Å². The lowest BCUT2D eigenvalue weighted by molar-refractivity contribution is -0.380. The molecule has 1 unspecified atom stereocenters. The third kappa shape index (κ3) is 3.75. The molecule has 3 rings (SSSR count). The van der Waals surface area contributed by atoms with Gasteiger partial charge in [0.1, 0.15) is 17.5 Å². The van der Waals surface area contributed by atoms with Gasteiger partial charge in [-0.25, -0.2) is 9.78 Å². The first kappa shape index (κ1) is 16.9. The zero-order valence-corrected chi connectivity index (χ0v) is 13.9. The fourth-order valence-corrected chi connectivity index (χ4v) is 2.78. The lowest BCUT2D eigenvalue weighted by atomic mass is 10.0. The molecule has 3 N–H and O–H groups in total. The van der Waals surface area contributed by atoms with Gasteiger partial charge in [0.2, 0.25) is 0 Å². The number of nitrogens with zero attached hydrogens (tertiary/aromatic N) is 2. The highest BCUT2D eigenvalue weighted by atomic mass is 32.1. The number of amides is 2. The van der Waals surface area contributed by atoms with E-state index in [2.05, 4.69) is 15.6 Å². The van der Waals surface area contributed by atoms with E-state index in [4.69, 9.17) is 4.74 Å². The lowest BCUT2D eigenvalue weighted by Gasteiger charge is -2.29. The van der Waals surface area contributed by atoms with Crippen LogP contribution in [-0.4, -0.2) is 33.3 Å². The SMILES string of the molecule is CC1(CO)C=Cc2cc(NC(=O)Nc3ncc([N+](=O)[O-])s3)ccc2O1. The second kappa shape index (κ2) is 6.49. The zero-order valence-electron chi connectivity index (χ0n) is 13.1. The average Bonchev–Trinajstić information content (AvgIpc) is 3.04. The molecule has 0 spiro atoms. The van der Waals surface area contributed by atoms with E-state index in [1.807, 2.05) is 6.08 Å². The number of anilines is 2. The van der Waals surface area contributed by atoms with Gasteiger partial charge in [0, 0.05) is 11.3 Å². The number of rotatable bonds is 4. The van der Waals surface area contributed by atoms with Gasteiger partial charge in [-0.3, -0.25) is 15.4 Å². The van der Waals surface area contributed by atoms with Crippen molar-refractivity contribution in [3.8, 4) is 5.75 Å². The Morgan fingerprint density at radius 1 is 1.48 bits per heavy atom. The topological polar surface area (TPSA) is 127 Å². The van der Waals surface area contributed by atoms with Crippen molar-refractivity contribution in [3.05, 3.63) is 46.1 Å². The van der Waals surface area contributed by atoms with Gasteiger partial charge in [-0.05, 0) is 42.5 Å². The van der Waals surface area contributed by atoms with Gasteiger partial charge in [0.05, 0.1) is 11.5 Å². The number of thiazole rings is 1. The van der Waals surface area contributed by atoms with Crippen LogP contribution in [0.1, 0.15) is 12.5 Å². The summed E-state index contributed by atoms with van der Waals surface area (Å²) in [6.45, 7) is 1.62. The minimum Gasteiger partial charge on any atom is -0.480 e. The van der Waals surface area contributed by atoms with E-state index in [9.17, 15) is 20.0 Å². The number of carbonyl (C=O) groups is 1. The Kier molecular flexibility index (Phi) is 4.38. The molecule has 10 heteroatoms. The summed E-state index contributed by atoms with van der Waals surface area (Å²) in [6.07, 6.45) is 4.63. The van der Waals surface area contributed by atoms with Crippen LogP contribution in [0.15, 0.2) is 30.5 Å². The van der Waals surface area contributed by atoms with Gasteiger partial charge < -0.3 is 15.2 Å². The summed E-state index contributed by atoms with van der Waals surface area (Å²) in [6, 6.07) is 4.49. The van der Waals surface area contributed by atoms with Gasteiger partial charge in [0.15, 0.2) is 5.13 Å². The molecule has 1 aromatic heterocycles. The van der Waals surface area contributed by atoms with Crippen LogP contribution in [0.2, 0.25) is 0 Å². The van der Waals surface area contributed by atoms with Crippen LogP contribution in [0.3, 0.4) is 0 Å². The summed E-state index contributed by atoms with van der Waals surface area (Å²) in [5.74, 6) is 0.598. The second-order valence-electron chi connectivity index (χ2n) is 5.50. The molecule has 2 aromatic rings. The molecule has 0 bridgehead atoms. The first-order valence-corrected chi connectivity index (χ1v) is 8.01. The number of hydrogen-bond acceptors (Lipinski definition) is 7. The van der Waals surface area contributed by atoms with Gasteiger partial charge >= 0.3 is 11.0 Å². The van der Waals surface area contributed by atoms with Crippen LogP contribution in [0.4, 0.5) is 20.6 Å². The number of nitro groups is 1. The van der Waals surface area contributed by atoms with Crippen molar-refractivity contribution >= 4 is 39.3 Å². The Morgan fingerprint density at radius 3 is 2.96 bits per heavy atom. The molecule has 25 heavy (non-hydrogen) atoms. The summed E-state index contributed by atoms with van der Waals surface area (Å²) in [4.78, 5) is 25.8. The Labute approximate surface area is 146 Å². The average molecular weight is 362 g/mol. The second-order valence-corrected chi connectivity index (χ2v) is 6.51. The van der Waals surface area contributed by atoms with E-state index in [0.29, 0.717) is 11.4 Å². The fraction of sp³-hybridized carbons (Fsp3) is 0.200. The predicted molar refractivity (Wildman–Crippen MR) is 93.0 cm³/mol. The van der Waals surface area contributed by atoms with Gasteiger partial charge in [-0.1, -0.05) is 6.08 Å². The number of aliphatic hydroxyl groups is 1. The van der Waals surface area contributed by atoms with Crippen molar-refractivity contribution in [2.75, 3.05) is 17.2 Å². The highest BCUT2D eigenvalue weighted by Gasteiger charge is 2.26. The van der Waals surface area contributed by atoms with E-state index < -0.39 is 16.6 Å². The lowest BCUT2D eigenvalue weighted by Crippen LogP contribution is -2.35. The Bertz CT molecular complexity index is 865. The summed E-state index contributed by atoms with van der Waals surface area (Å²) >= 11 is 0.768. The Balaban J connectivity index is 1.67. The largest absolute Gasteiger partial charge is 0.480 e. The van der Waals surface area contributed by atoms with Crippen molar-refractivity contribution in [1.29, 1.82) is 0 Å². The van der Waals surface area contributed by atoms with Crippen LogP contribution < -0.4 is 15.4 Å². The molecule has 2 heterocycles. The summed E-state index contributed by atoms with van der Waals surface area (Å²) in [7, 11) is 0. The third-order valence-corrected chi connectivity index (χ3v) is 4.30. The first-order valence-electron chi connectivity index (χ1n) is 7.20. The van der Waals surface area contributed by atoms with Crippen LogP contribution in [0.25, 0.3) is 6.08 Å². The molecule has 0 radical (unpaired) electrons. The van der Waals surface area contributed by atoms with Crippen LogP contribution in [0, 0.1) is 10.1 Å². The van der Waals surface area contributed by atoms with E-state index in [1.165, 1.54) is 0 Å². The molecule has 0 fully saturated rings. The Morgan fingerprint density at radius 2 is 2.28 bits per heavy atom. The molecule has 1 atom stereocenters. The maximum absolute atomic E-state index is 12.0. The number of hydrogen-bond donors (Lipinski definition) is 3. The molecular formula is C15H14N4O5S. The monoisotopic (exact) mass is 362 g/mol. The van der Waals surface area contributed by atoms with Crippen LogP contribution >= 0.6 is 11.3 Å². The summed E-state index contributed by atoms with van der Waals surface area (Å²) in [5, 5.41) is 25.0. The number of ether oxygens (including phenoxy) is 1. The van der Waals surface area contributed by atoms with E-state index in [-0.39, 0.29) is 16.7 Å². The van der Waals surface area contributed by atoms with Crippen LogP contribution in [0.5, 0.6) is 5.75 Å². The van der Waals surface area contributed by atoms with Crippen molar-refractivity contribution in [2.45, 2.75) is 12.5 Å². The van der Waals surface area contributed by atoms with E-state index >= 15 is 0 Å². The number of carbonyl (C=O) groups excluding carboxylic acids is 1. The maximum Gasteiger partial charge on any atom is 0.345 e. The number of aliphatic hydroxyl groups excluding tert-OH is 1. The van der Waals surface area contributed by atoms with Crippen molar-refractivity contribution in [3.63, 3.8) is 0 Å². The fourth-order valence-electron chi connectivity index (χ4n) is 2.15. The summed E-state index contributed by atoms with van der Waals surface area (Å²) in [5.41, 5.74) is 0.510. The molecule has 0 saturated carbocycles. The smallest absolute Gasteiger partial charge is 0.345 e. The Hall–Kier alpha value is -2.98. The number of nitrogens with one attached hydrogen (secondary N) is 2. The predicted octanol–water partition coefficient (Wildman–Crippen LogP) is 2.85. The molecule has 0 saturated heterocycles. The number of benzene rings is 1. The highest BCUT2D eigenvalue weighted by molar-refractivity contribution is 7.18. The molecule has 130 valence electrons. The maximum atomic E-state index is 12.0. The van der Waals surface area contributed by atoms with Gasteiger partial charge in [-0.2, -0.15) is 0 Å². The molecular weight excluding hydrogens is 348 g/mol. The summed E-state index contributed by atoms with van der Waals surface area (Å²) < 4.78 is 5.71. The number of urea groups is 1. The van der Waals surface area contributed by atoms with Crippen molar-refractivity contribution in [1.82, 2.24) is 4.98 Å². The number of fused-ring (bicyclic) bond motifs is 1. The standard InChI is InChI=1S/C15H14N4O5S/c1-15(8-20)5-4-9-6-10(2-3-11(9)24-15)17-13(21)18-14-16-7-12(25-14)19(22)23/h2-7,20H,8H2,1H3,(H2,16,17,18,21). The van der Waals surface area contributed by atoms with Gasteiger partial charge in [0.25, 0.3) is 0 Å². The highest BCUT2D eigenvalue weighted by Crippen LogP contribution is 2.32. The quantitative estimate of drug-likeness (QED) is 0.567. The minimum absolute atomic E-state index is 0.129. The van der Waals surface area contributed by atoms with Crippen molar-refractivity contribution in [2.24, 2.45) is 0 Å². The molecule has 1 aromatic carbocycles. The third-order valence-electron chi connectivity index (χ3n) is 3.43. The molecule has 9 nitrogen and oxygen atoms in total. The van der Waals surface area contributed by atoms with Crippen LogP contribution in [-0.2, 0) is 0 Å². The van der Waals surface area contributed by atoms with Crippen molar-refractivity contribution < 1.29 is 19.6 Å². The first-order chi connectivity index (χ1) is 11.9. The zero-order chi connectivity index (χ0) is 18.0. The molecule has 1 aliphatic heterocycles. The number of aromatic nitrogens is 1. The molecule has 1 aliphatic rings.